The van der Waals surface area contributed by atoms with Crippen LogP contribution in [-0.4, -0.2) is 24.2 Å². The molecular weight excluding hydrogens is 290 g/mol. The fourth-order valence-electron chi connectivity index (χ4n) is 1.52. The molecule has 1 rings (SSSR count). The van der Waals surface area contributed by atoms with Gasteiger partial charge in [0.2, 0.25) is 0 Å². The van der Waals surface area contributed by atoms with Crippen LogP contribution in [0.3, 0.4) is 0 Å². The number of halogens is 1. The maximum Gasteiger partial charge on any atom is 0.0325 e. The molecule has 0 radical (unpaired) electrons. The molecule has 0 amide bonds. The molecule has 0 aliphatic carbocycles. The van der Waals surface area contributed by atoms with E-state index in [9.17, 15) is 0 Å². The van der Waals surface area contributed by atoms with Gasteiger partial charge in [0.25, 0.3) is 0 Å². The fraction of sp³-hybridized carbons (Fsp3) is 0.636. The highest BCUT2D eigenvalue weighted by Crippen LogP contribution is 2.21. The monoisotopic (exact) mass is 307 g/mol. The number of thiophene rings is 1. The topological polar surface area (TPSA) is 3.24 Å². The second-order valence-electron chi connectivity index (χ2n) is 3.88. The van der Waals surface area contributed by atoms with Crippen LogP contribution in [0.4, 0.5) is 0 Å². The molecular formula is C11H18BrNS2. The molecule has 0 spiro atoms. The second kappa shape index (κ2) is 6.94. The second-order valence-corrected chi connectivity index (χ2v) is 6.16. The molecule has 4 heteroatoms. The van der Waals surface area contributed by atoms with Crippen LogP contribution in [0, 0.1) is 5.92 Å². The first-order valence-electron chi connectivity index (χ1n) is 5.18. The van der Waals surface area contributed by atoms with Crippen LogP contribution >= 0.6 is 39.9 Å². The Labute approximate surface area is 110 Å². The van der Waals surface area contributed by atoms with Crippen molar-refractivity contribution in [1.29, 1.82) is 0 Å². The first kappa shape index (κ1) is 13.6. The summed E-state index contributed by atoms with van der Waals surface area (Å²) in [6, 6.07) is 2.20. The van der Waals surface area contributed by atoms with E-state index < -0.39 is 0 Å². The van der Waals surface area contributed by atoms with Crippen molar-refractivity contribution in [3.05, 3.63) is 20.8 Å². The van der Waals surface area contributed by atoms with E-state index in [4.69, 9.17) is 0 Å². The molecule has 0 bridgehead atoms. The molecule has 1 aromatic rings. The van der Waals surface area contributed by atoms with E-state index in [0.29, 0.717) is 5.92 Å². The van der Waals surface area contributed by atoms with E-state index >= 15 is 0 Å². The van der Waals surface area contributed by atoms with Gasteiger partial charge in [0, 0.05) is 27.8 Å². The molecule has 15 heavy (non-hydrogen) atoms. The van der Waals surface area contributed by atoms with Gasteiger partial charge in [-0.25, -0.2) is 0 Å². The Morgan fingerprint density at radius 2 is 2.33 bits per heavy atom. The zero-order valence-electron chi connectivity index (χ0n) is 9.24. The highest BCUT2D eigenvalue weighted by Gasteiger charge is 2.09. The molecule has 0 aliphatic rings. The van der Waals surface area contributed by atoms with Crippen molar-refractivity contribution < 1.29 is 0 Å². The Morgan fingerprint density at radius 1 is 1.60 bits per heavy atom. The summed E-state index contributed by atoms with van der Waals surface area (Å²) in [7, 11) is 2.18. The predicted molar refractivity (Wildman–Crippen MR) is 76.0 cm³/mol. The SMILES string of the molecule is CCC(CS)CN(C)Cc1cc(Br)cs1. The van der Waals surface area contributed by atoms with Gasteiger partial charge < -0.3 is 4.90 Å². The Morgan fingerprint density at radius 3 is 2.80 bits per heavy atom. The normalized spacial score (nSPS) is 13.4. The van der Waals surface area contributed by atoms with E-state index in [1.807, 2.05) is 11.3 Å². The lowest BCUT2D eigenvalue weighted by molar-refractivity contribution is 0.280. The summed E-state index contributed by atoms with van der Waals surface area (Å²) >= 11 is 9.66. The quantitative estimate of drug-likeness (QED) is 0.780. The lowest BCUT2D eigenvalue weighted by Crippen LogP contribution is -2.25. The Bertz CT molecular complexity index is 284. The van der Waals surface area contributed by atoms with Gasteiger partial charge in [0.15, 0.2) is 0 Å². The highest BCUT2D eigenvalue weighted by molar-refractivity contribution is 9.10. The number of hydrogen-bond acceptors (Lipinski definition) is 3. The van der Waals surface area contributed by atoms with Gasteiger partial charge in [-0.15, -0.1) is 11.3 Å². The van der Waals surface area contributed by atoms with Crippen molar-refractivity contribution in [1.82, 2.24) is 4.90 Å². The summed E-state index contributed by atoms with van der Waals surface area (Å²) in [5.74, 6) is 1.69. The Hall–Kier alpha value is 0.490. The van der Waals surface area contributed by atoms with Gasteiger partial charge in [-0.2, -0.15) is 12.6 Å². The molecule has 1 nitrogen and oxygen atoms in total. The molecule has 0 N–H and O–H groups in total. The van der Waals surface area contributed by atoms with Crippen molar-refractivity contribution in [2.75, 3.05) is 19.3 Å². The van der Waals surface area contributed by atoms with E-state index in [2.05, 4.69) is 58.9 Å². The molecule has 1 atom stereocenters. The average molecular weight is 308 g/mol. The van der Waals surface area contributed by atoms with Crippen LogP contribution in [0.15, 0.2) is 15.9 Å². The Balaban J connectivity index is 2.38. The maximum atomic E-state index is 4.37. The van der Waals surface area contributed by atoms with Crippen molar-refractivity contribution in [2.45, 2.75) is 19.9 Å². The lowest BCUT2D eigenvalue weighted by atomic mass is 10.1. The van der Waals surface area contributed by atoms with Gasteiger partial charge in [0.05, 0.1) is 0 Å². The molecule has 0 saturated heterocycles. The van der Waals surface area contributed by atoms with Gasteiger partial charge in [-0.1, -0.05) is 13.3 Å². The standard InChI is InChI=1S/C11H18BrNS2/c1-3-9(7-14)5-13(2)6-11-4-10(12)8-15-11/h4,8-9,14H,3,5-7H2,1-2H3. The zero-order chi connectivity index (χ0) is 11.3. The maximum absolute atomic E-state index is 4.37. The summed E-state index contributed by atoms with van der Waals surface area (Å²) in [5.41, 5.74) is 0. The van der Waals surface area contributed by atoms with Crippen molar-refractivity contribution >= 4 is 39.9 Å². The minimum Gasteiger partial charge on any atom is -0.301 e. The van der Waals surface area contributed by atoms with Crippen LogP contribution in [0.25, 0.3) is 0 Å². The molecule has 1 unspecified atom stereocenters. The smallest absolute Gasteiger partial charge is 0.0325 e. The third kappa shape index (κ3) is 4.89. The van der Waals surface area contributed by atoms with E-state index in [1.54, 1.807) is 0 Å². The molecule has 0 fully saturated rings. The predicted octanol–water partition coefficient (Wildman–Crippen LogP) is 3.90. The largest absolute Gasteiger partial charge is 0.301 e. The summed E-state index contributed by atoms with van der Waals surface area (Å²) < 4.78 is 1.19. The third-order valence-corrected chi connectivity index (χ3v) is 4.65. The number of hydrogen-bond donors (Lipinski definition) is 1. The van der Waals surface area contributed by atoms with E-state index in [-0.39, 0.29) is 0 Å². The van der Waals surface area contributed by atoms with E-state index in [1.165, 1.54) is 15.8 Å². The molecule has 0 aromatic carbocycles. The van der Waals surface area contributed by atoms with Gasteiger partial charge in [0.1, 0.15) is 0 Å². The number of thiol groups is 1. The lowest BCUT2D eigenvalue weighted by Gasteiger charge is -2.21. The minimum absolute atomic E-state index is 0.710. The first-order valence-corrected chi connectivity index (χ1v) is 7.48. The van der Waals surface area contributed by atoms with E-state index in [0.717, 1.165) is 18.8 Å². The van der Waals surface area contributed by atoms with Crippen LogP contribution < -0.4 is 0 Å². The number of rotatable bonds is 6. The van der Waals surface area contributed by atoms with Gasteiger partial charge in [-0.05, 0) is 40.7 Å². The highest BCUT2D eigenvalue weighted by atomic mass is 79.9. The van der Waals surface area contributed by atoms with Crippen molar-refractivity contribution in [2.24, 2.45) is 5.92 Å². The van der Waals surface area contributed by atoms with Crippen molar-refractivity contribution in [3.8, 4) is 0 Å². The summed E-state index contributed by atoms with van der Waals surface area (Å²) in [6.07, 6.45) is 1.21. The summed E-state index contributed by atoms with van der Waals surface area (Å²) in [4.78, 5) is 3.79. The average Bonchev–Trinajstić information content (AvgIpc) is 2.60. The molecule has 1 heterocycles. The minimum atomic E-state index is 0.710. The molecule has 86 valence electrons. The van der Waals surface area contributed by atoms with Crippen LogP contribution in [0.2, 0.25) is 0 Å². The van der Waals surface area contributed by atoms with Crippen LogP contribution in [0.5, 0.6) is 0 Å². The van der Waals surface area contributed by atoms with Crippen LogP contribution in [0.1, 0.15) is 18.2 Å². The molecule has 0 saturated carbocycles. The van der Waals surface area contributed by atoms with Gasteiger partial charge >= 0.3 is 0 Å². The van der Waals surface area contributed by atoms with Crippen LogP contribution in [-0.2, 0) is 6.54 Å². The third-order valence-electron chi connectivity index (χ3n) is 2.45. The molecule has 1 aromatic heterocycles. The summed E-state index contributed by atoms with van der Waals surface area (Å²) in [6.45, 7) is 4.41. The zero-order valence-corrected chi connectivity index (χ0v) is 12.5. The number of nitrogens with zero attached hydrogens (tertiary/aromatic N) is 1. The Kier molecular flexibility index (Phi) is 6.27. The summed E-state index contributed by atoms with van der Waals surface area (Å²) in [5, 5.41) is 2.14. The first-order chi connectivity index (χ1) is 7.15. The fourth-order valence-corrected chi connectivity index (χ4v) is 3.43. The van der Waals surface area contributed by atoms with Crippen molar-refractivity contribution in [3.63, 3.8) is 0 Å². The molecule has 0 aliphatic heterocycles. The van der Waals surface area contributed by atoms with Gasteiger partial charge in [-0.3, -0.25) is 0 Å².